The highest BCUT2D eigenvalue weighted by Crippen LogP contribution is 2.16. The average molecular weight is 699 g/mol. The molecule has 10 nitrogen and oxygen atoms in total. The van der Waals surface area contributed by atoms with E-state index in [9.17, 15) is 0 Å². The maximum absolute atomic E-state index is 4.95. The molecule has 6 aliphatic rings. The van der Waals surface area contributed by atoms with Gasteiger partial charge in [-0.2, -0.15) is 0 Å². The molecule has 2 unspecified atom stereocenters. The molecule has 0 saturated carbocycles. The Balaban J connectivity index is 0.000000195. The van der Waals surface area contributed by atoms with Crippen LogP contribution < -0.4 is 0 Å². The molecule has 9 rings (SSSR count). The summed E-state index contributed by atoms with van der Waals surface area (Å²) in [4.78, 5) is 32.5. The van der Waals surface area contributed by atoms with Gasteiger partial charge in [-0.1, -0.05) is 25.6 Å². The third-order valence-electron chi connectivity index (χ3n) is 10.6. The Morgan fingerprint density at radius 2 is 0.588 bits per heavy atom. The normalized spacial score (nSPS) is 26.2. The van der Waals surface area contributed by atoms with Crippen LogP contribution in [-0.2, 0) is 39.3 Å². The number of fused-ring (bicyclic) bond motifs is 16. The van der Waals surface area contributed by atoms with Crippen LogP contribution >= 0.6 is 0 Å². The first-order valence-electron chi connectivity index (χ1n) is 19.2. The second-order valence-corrected chi connectivity index (χ2v) is 15.2. The van der Waals surface area contributed by atoms with Crippen molar-refractivity contribution in [2.45, 2.75) is 72.4 Å². The van der Waals surface area contributed by atoms with E-state index in [1.165, 1.54) is 72.9 Å². The predicted molar refractivity (Wildman–Crippen MR) is 209 cm³/mol. The fourth-order valence-electron chi connectivity index (χ4n) is 7.68. The molecular formula is C41H66N10. The monoisotopic (exact) mass is 699 g/mol. The molecule has 0 spiro atoms. The molecule has 10 heteroatoms. The highest BCUT2D eigenvalue weighted by molar-refractivity contribution is 5.15. The van der Waals surface area contributed by atoms with E-state index in [1.807, 2.05) is 0 Å². The summed E-state index contributed by atoms with van der Waals surface area (Å²) in [7, 11) is 6.78. The van der Waals surface area contributed by atoms with Crippen molar-refractivity contribution < 1.29 is 0 Å². The van der Waals surface area contributed by atoms with Crippen LogP contribution in [0, 0.1) is 0 Å². The molecule has 9 heterocycles. The van der Waals surface area contributed by atoms with E-state index in [4.69, 9.17) is 15.0 Å². The van der Waals surface area contributed by atoms with Gasteiger partial charge >= 0.3 is 0 Å². The summed E-state index contributed by atoms with van der Waals surface area (Å²) in [6.07, 6.45) is 4.84. The second-order valence-electron chi connectivity index (χ2n) is 15.2. The fourth-order valence-corrected chi connectivity index (χ4v) is 7.68. The van der Waals surface area contributed by atoms with Gasteiger partial charge in [0.05, 0.1) is 34.2 Å². The summed E-state index contributed by atoms with van der Waals surface area (Å²) in [6.45, 7) is 19.2. The highest BCUT2D eigenvalue weighted by atomic mass is 15.2. The Kier molecular flexibility index (Phi) is 15.8. The highest BCUT2D eigenvalue weighted by Gasteiger charge is 2.18. The molecule has 6 aliphatic heterocycles. The van der Waals surface area contributed by atoms with Gasteiger partial charge in [-0.25, -0.2) is 0 Å². The van der Waals surface area contributed by atoms with Crippen molar-refractivity contribution in [3.63, 3.8) is 0 Å². The van der Waals surface area contributed by atoms with Crippen LogP contribution in [0.5, 0.6) is 0 Å². The molecular weight excluding hydrogens is 633 g/mol. The minimum Gasteiger partial charge on any atom is -0.306 e. The first-order chi connectivity index (χ1) is 24.4. The predicted octanol–water partition coefficient (Wildman–Crippen LogP) is 4.51. The van der Waals surface area contributed by atoms with Crippen molar-refractivity contribution >= 4 is 0 Å². The van der Waals surface area contributed by atoms with Crippen LogP contribution in [0.15, 0.2) is 54.6 Å². The zero-order chi connectivity index (χ0) is 34.5. The van der Waals surface area contributed by atoms with E-state index < -0.39 is 0 Å². The summed E-state index contributed by atoms with van der Waals surface area (Å²) < 4.78 is 0. The van der Waals surface area contributed by atoms with Crippen LogP contribution in [0.4, 0.5) is 0 Å². The van der Waals surface area contributed by atoms with Gasteiger partial charge in [0.15, 0.2) is 0 Å². The molecule has 0 aliphatic carbocycles. The number of aromatic nitrogens is 3. The quantitative estimate of drug-likeness (QED) is 0.335. The van der Waals surface area contributed by atoms with Crippen molar-refractivity contribution in [1.29, 1.82) is 0 Å². The Morgan fingerprint density at radius 3 is 0.902 bits per heavy atom. The van der Waals surface area contributed by atoms with Gasteiger partial charge in [0.1, 0.15) is 0 Å². The van der Waals surface area contributed by atoms with Crippen LogP contribution in [0.2, 0.25) is 0 Å². The van der Waals surface area contributed by atoms with E-state index in [0.717, 1.165) is 105 Å². The Morgan fingerprint density at radius 1 is 0.333 bits per heavy atom. The van der Waals surface area contributed by atoms with Gasteiger partial charge in [-0.15, -0.1) is 0 Å². The molecule has 3 aromatic heterocycles. The number of hydrogen-bond donors (Lipinski definition) is 0. The number of pyridine rings is 3. The maximum Gasteiger partial charge on any atom is 0.0548 e. The third-order valence-corrected chi connectivity index (χ3v) is 10.6. The van der Waals surface area contributed by atoms with Gasteiger partial charge in [-0.3, -0.25) is 34.6 Å². The zero-order valence-electron chi connectivity index (χ0n) is 31.2. The minimum atomic E-state index is 0. The van der Waals surface area contributed by atoms with Crippen LogP contribution in [-0.4, -0.2) is 149 Å². The topological polar surface area (TPSA) is 61.4 Å². The summed E-state index contributed by atoms with van der Waals surface area (Å²) in [5.41, 5.74) is 7.13. The van der Waals surface area contributed by atoms with Gasteiger partial charge in [-0.05, 0) is 122 Å². The molecule has 2 atom stereocenters. The number of rotatable bonds is 0. The molecule has 1 fully saturated rings. The van der Waals surface area contributed by atoms with Gasteiger partial charge in [0, 0.05) is 78.5 Å². The fraction of sp³-hybridized carbons (Fsp3) is 0.634. The third kappa shape index (κ3) is 13.3. The number of hydrogen-bond acceptors (Lipinski definition) is 10. The summed E-state index contributed by atoms with van der Waals surface area (Å²) >= 11 is 0. The zero-order valence-corrected chi connectivity index (χ0v) is 31.2. The van der Waals surface area contributed by atoms with Crippen LogP contribution in [0.1, 0.15) is 67.3 Å². The lowest BCUT2D eigenvalue weighted by molar-refractivity contribution is 0.165. The molecule has 10 bridgehead atoms. The molecule has 0 aromatic carbocycles. The van der Waals surface area contributed by atoms with E-state index in [1.54, 1.807) is 0 Å². The van der Waals surface area contributed by atoms with Crippen molar-refractivity contribution in [1.82, 2.24) is 49.3 Å². The number of nitrogens with zero attached hydrogens (tertiary/aromatic N) is 10. The number of likely N-dealkylation sites (N-methyl/N-ethyl adjacent to an activating group) is 1. The molecule has 51 heavy (non-hydrogen) atoms. The molecule has 3 aromatic rings. The van der Waals surface area contributed by atoms with E-state index in [-0.39, 0.29) is 7.43 Å². The minimum absolute atomic E-state index is 0. The first-order valence-corrected chi connectivity index (χ1v) is 19.2. The van der Waals surface area contributed by atoms with Crippen LogP contribution in [0.3, 0.4) is 0 Å². The van der Waals surface area contributed by atoms with E-state index in [2.05, 4.69) is 110 Å². The van der Waals surface area contributed by atoms with Gasteiger partial charge in [0.25, 0.3) is 0 Å². The lowest BCUT2D eigenvalue weighted by Gasteiger charge is -2.31. The average Bonchev–Trinajstić information content (AvgIpc) is 3.09. The largest absolute Gasteiger partial charge is 0.306 e. The standard InChI is InChI=1S/C21H29N5.C19H33N5.CH4/c1-24-10-4-12-25-14-18-6-2-7-19(22-18)15-26(13-5-11-24)17-21-9-3-8-20(16-25)23-21;1-21-8-4-10-23-14-12-22(2)13-15-24(11-5-9-21)17-19-7-3-6-18(16-23)20-19;/h2-3,6-9H,4-5,10-17H2,1H3;3,6-7H,4-5,8-17H2,1-2H3;1H4. The lowest BCUT2D eigenvalue weighted by Crippen LogP contribution is -2.40. The SMILES string of the molecule is C.CN1CCCN2CCN(C)CCN(CCC1)Cc1cccc(n1)C2.CN1CCCN2Cc3cccc(n3)CN(CCC1)Cc1cccc(n1)C2. The second kappa shape index (κ2) is 20.4. The maximum atomic E-state index is 4.95. The van der Waals surface area contributed by atoms with Crippen molar-refractivity contribution in [2.24, 2.45) is 0 Å². The van der Waals surface area contributed by atoms with Crippen LogP contribution in [0.25, 0.3) is 0 Å². The lowest BCUT2D eigenvalue weighted by atomic mass is 10.2. The molecule has 1 saturated heterocycles. The summed E-state index contributed by atoms with van der Waals surface area (Å²) in [5.74, 6) is 0. The first kappa shape index (κ1) is 39.4. The van der Waals surface area contributed by atoms with Gasteiger partial charge < -0.3 is 14.7 Å². The van der Waals surface area contributed by atoms with Crippen molar-refractivity contribution in [2.75, 3.05) is 99.7 Å². The molecule has 0 amide bonds. The van der Waals surface area contributed by atoms with Crippen molar-refractivity contribution in [3.8, 4) is 0 Å². The van der Waals surface area contributed by atoms with Gasteiger partial charge in [0.2, 0.25) is 0 Å². The van der Waals surface area contributed by atoms with Crippen molar-refractivity contribution in [3.05, 3.63) is 88.8 Å². The molecule has 0 N–H and O–H groups in total. The molecule has 0 radical (unpaired) electrons. The summed E-state index contributed by atoms with van der Waals surface area (Å²) in [6, 6.07) is 19.5. The van der Waals surface area contributed by atoms with E-state index in [0.29, 0.717) is 0 Å². The Bertz CT molecular complexity index is 1310. The molecule has 280 valence electrons. The van der Waals surface area contributed by atoms with E-state index >= 15 is 0 Å². The Labute approximate surface area is 309 Å². The smallest absolute Gasteiger partial charge is 0.0548 e. The Hall–Kier alpha value is -2.83. The summed E-state index contributed by atoms with van der Waals surface area (Å²) in [5, 5.41) is 0.